The molecule has 1 aliphatic rings. The van der Waals surface area contributed by atoms with Gasteiger partial charge in [-0.3, -0.25) is 9.59 Å². The van der Waals surface area contributed by atoms with Crippen LogP contribution in [0.15, 0.2) is 35.3 Å². The number of fused-ring (bicyclic) bond motifs is 2. The molecule has 162 valence electrons. The smallest absolute Gasteiger partial charge is 0.270 e. The molecule has 32 heavy (non-hydrogen) atoms. The summed E-state index contributed by atoms with van der Waals surface area (Å²) in [5.74, 6) is -0.748. The number of ether oxygens (including phenoxy) is 1. The Kier molecular flexibility index (Phi) is 4.62. The standard InChI is InChI=1S/C22H19FN6O3/c1-10-21(30)29-20-17(26-10)11(6-8-24-20)16-18(15-13(27-16)7-9-25-22(15)31)28-14-5-3-4-12(23)19(14)32-2/h3-6,8,27-28H,7,9H2,1-2H3,(H,25,31)(H,24,29,30). The van der Waals surface area contributed by atoms with Gasteiger partial charge in [0.1, 0.15) is 11.2 Å². The third-order valence-electron chi connectivity index (χ3n) is 5.43. The molecule has 0 aliphatic carbocycles. The molecular weight excluding hydrogens is 415 g/mol. The van der Waals surface area contributed by atoms with Crippen molar-refractivity contribution < 1.29 is 13.9 Å². The van der Waals surface area contributed by atoms with Gasteiger partial charge in [-0.05, 0) is 25.1 Å². The monoisotopic (exact) mass is 434 g/mol. The number of H-pyrrole nitrogens is 2. The number of methoxy groups -OCH3 is 1. The van der Waals surface area contributed by atoms with Crippen molar-refractivity contribution in [3.8, 4) is 17.0 Å². The summed E-state index contributed by atoms with van der Waals surface area (Å²) in [5.41, 5.74) is 3.97. The molecule has 0 atom stereocenters. The maximum Gasteiger partial charge on any atom is 0.270 e. The highest BCUT2D eigenvalue weighted by Crippen LogP contribution is 2.40. The number of nitrogens with zero attached hydrogens (tertiary/aromatic N) is 2. The van der Waals surface area contributed by atoms with Gasteiger partial charge in [0.15, 0.2) is 17.2 Å². The predicted octanol–water partition coefficient (Wildman–Crippen LogP) is 2.80. The van der Waals surface area contributed by atoms with Crippen LogP contribution in [-0.4, -0.2) is 39.5 Å². The Morgan fingerprint density at radius 1 is 1.19 bits per heavy atom. The molecule has 0 spiro atoms. The summed E-state index contributed by atoms with van der Waals surface area (Å²) in [7, 11) is 1.38. The van der Waals surface area contributed by atoms with Crippen LogP contribution >= 0.6 is 0 Å². The zero-order valence-corrected chi connectivity index (χ0v) is 17.3. The highest BCUT2D eigenvalue weighted by molar-refractivity contribution is 6.08. The van der Waals surface area contributed by atoms with E-state index in [2.05, 4.69) is 30.6 Å². The zero-order chi connectivity index (χ0) is 22.4. The van der Waals surface area contributed by atoms with Gasteiger partial charge in [0.2, 0.25) is 0 Å². The fraction of sp³-hybridized carbons (Fsp3) is 0.182. The minimum atomic E-state index is -0.530. The topological polar surface area (TPSA) is 125 Å². The van der Waals surface area contributed by atoms with Gasteiger partial charge in [-0.15, -0.1) is 0 Å². The zero-order valence-electron chi connectivity index (χ0n) is 17.3. The van der Waals surface area contributed by atoms with Crippen LogP contribution in [0.25, 0.3) is 22.4 Å². The highest BCUT2D eigenvalue weighted by atomic mass is 19.1. The number of pyridine rings is 1. The molecule has 0 saturated carbocycles. The maximum atomic E-state index is 14.3. The Hall–Kier alpha value is -4.21. The molecule has 0 saturated heterocycles. The molecule has 1 aromatic carbocycles. The number of aryl methyl sites for hydroxylation is 1. The van der Waals surface area contributed by atoms with Crippen LogP contribution in [0.2, 0.25) is 0 Å². The molecule has 10 heteroatoms. The number of aromatic amines is 2. The highest BCUT2D eigenvalue weighted by Gasteiger charge is 2.28. The SMILES string of the molecule is COc1c(F)cccc1Nc1c(-c2ccnc3[nH]c(=O)c(C)nc23)[nH]c2c1C(=O)NCC2. The first-order valence-electron chi connectivity index (χ1n) is 9.96. The number of carbonyl (C=O) groups is 1. The van der Waals surface area contributed by atoms with Crippen LogP contribution < -0.4 is 20.9 Å². The van der Waals surface area contributed by atoms with Gasteiger partial charge in [0.05, 0.1) is 29.7 Å². The van der Waals surface area contributed by atoms with Gasteiger partial charge in [-0.2, -0.15) is 0 Å². The van der Waals surface area contributed by atoms with E-state index >= 15 is 0 Å². The third kappa shape index (κ3) is 3.08. The van der Waals surface area contributed by atoms with Gasteiger partial charge >= 0.3 is 0 Å². The summed E-state index contributed by atoms with van der Waals surface area (Å²) in [6, 6.07) is 6.26. The van der Waals surface area contributed by atoms with E-state index < -0.39 is 5.82 Å². The van der Waals surface area contributed by atoms with Crippen LogP contribution in [0.1, 0.15) is 21.7 Å². The number of hydrogen-bond donors (Lipinski definition) is 4. The first kappa shape index (κ1) is 19.7. The van der Waals surface area contributed by atoms with E-state index in [1.807, 2.05) is 0 Å². The van der Waals surface area contributed by atoms with E-state index in [-0.39, 0.29) is 17.2 Å². The largest absolute Gasteiger partial charge is 0.492 e. The molecule has 0 fully saturated rings. The van der Waals surface area contributed by atoms with Crippen molar-refractivity contribution in [1.29, 1.82) is 0 Å². The van der Waals surface area contributed by atoms with Gasteiger partial charge in [-0.25, -0.2) is 14.4 Å². The minimum Gasteiger partial charge on any atom is -0.492 e. The molecule has 1 aliphatic heterocycles. The fourth-order valence-corrected chi connectivity index (χ4v) is 3.93. The number of para-hydroxylation sites is 1. The maximum absolute atomic E-state index is 14.3. The second-order valence-electron chi connectivity index (χ2n) is 7.39. The lowest BCUT2D eigenvalue weighted by atomic mass is 10.0. The van der Waals surface area contributed by atoms with Crippen molar-refractivity contribution in [2.75, 3.05) is 19.0 Å². The average molecular weight is 434 g/mol. The molecule has 4 aromatic rings. The molecule has 1 amide bonds. The molecule has 0 unspecified atom stereocenters. The van der Waals surface area contributed by atoms with E-state index in [0.29, 0.717) is 58.0 Å². The molecule has 5 rings (SSSR count). The molecule has 4 heterocycles. The molecule has 3 aromatic heterocycles. The fourth-order valence-electron chi connectivity index (χ4n) is 3.93. The summed E-state index contributed by atoms with van der Waals surface area (Å²) < 4.78 is 19.5. The van der Waals surface area contributed by atoms with E-state index in [1.165, 1.54) is 13.2 Å². The number of anilines is 2. The number of aromatic nitrogens is 4. The van der Waals surface area contributed by atoms with Gasteiger partial charge in [0, 0.05) is 30.4 Å². The molecule has 0 bridgehead atoms. The van der Waals surface area contributed by atoms with E-state index in [9.17, 15) is 14.0 Å². The molecule has 0 radical (unpaired) electrons. The Morgan fingerprint density at radius 2 is 2.03 bits per heavy atom. The molecule has 9 nitrogen and oxygen atoms in total. The van der Waals surface area contributed by atoms with Crippen LogP contribution in [0.3, 0.4) is 0 Å². The van der Waals surface area contributed by atoms with Crippen molar-refractivity contribution >= 4 is 28.4 Å². The second kappa shape index (κ2) is 7.49. The Labute approximate surface area is 181 Å². The van der Waals surface area contributed by atoms with Crippen molar-refractivity contribution in [3.05, 3.63) is 63.6 Å². The summed E-state index contributed by atoms with van der Waals surface area (Å²) in [6.45, 7) is 2.11. The number of benzene rings is 1. The van der Waals surface area contributed by atoms with Crippen molar-refractivity contribution in [1.82, 2.24) is 25.3 Å². The van der Waals surface area contributed by atoms with Crippen LogP contribution in [0, 0.1) is 12.7 Å². The first-order valence-corrected chi connectivity index (χ1v) is 9.96. The average Bonchev–Trinajstić information content (AvgIpc) is 3.14. The third-order valence-corrected chi connectivity index (χ3v) is 5.43. The van der Waals surface area contributed by atoms with Crippen molar-refractivity contribution in [3.63, 3.8) is 0 Å². The molecular formula is C22H19FN6O3. The lowest BCUT2D eigenvalue weighted by Crippen LogP contribution is -2.31. The van der Waals surface area contributed by atoms with E-state index in [4.69, 9.17) is 4.74 Å². The quantitative estimate of drug-likeness (QED) is 0.392. The van der Waals surface area contributed by atoms with Crippen molar-refractivity contribution in [2.24, 2.45) is 0 Å². The summed E-state index contributed by atoms with van der Waals surface area (Å²) in [6.07, 6.45) is 2.15. The number of carbonyl (C=O) groups excluding carboxylic acids is 1. The van der Waals surface area contributed by atoms with Gasteiger partial charge < -0.3 is 25.3 Å². The minimum absolute atomic E-state index is 0.0301. The number of halogens is 1. The van der Waals surface area contributed by atoms with E-state index in [0.717, 1.165) is 5.69 Å². The number of rotatable bonds is 4. The summed E-state index contributed by atoms with van der Waals surface area (Å²) in [4.78, 5) is 39.5. The summed E-state index contributed by atoms with van der Waals surface area (Å²) >= 11 is 0. The van der Waals surface area contributed by atoms with Crippen LogP contribution in [0.5, 0.6) is 5.75 Å². The normalized spacial score (nSPS) is 13.0. The van der Waals surface area contributed by atoms with Crippen LogP contribution in [-0.2, 0) is 6.42 Å². The van der Waals surface area contributed by atoms with Crippen molar-refractivity contribution in [2.45, 2.75) is 13.3 Å². The van der Waals surface area contributed by atoms with Gasteiger partial charge in [0.25, 0.3) is 11.5 Å². The first-order chi connectivity index (χ1) is 15.5. The Balaban J connectivity index is 1.77. The number of hydrogen-bond acceptors (Lipinski definition) is 6. The van der Waals surface area contributed by atoms with Crippen LogP contribution in [0.4, 0.5) is 15.8 Å². The lowest BCUT2D eigenvalue weighted by molar-refractivity contribution is 0.0947. The predicted molar refractivity (Wildman–Crippen MR) is 117 cm³/mol. The Bertz CT molecular complexity index is 1440. The second-order valence-corrected chi connectivity index (χ2v) is 7.39. The summed E-state index contributed by atoms with van der Waals surface area (Å²) in [5, 5.41) is 6.03. The molecule has 4 N–H and O–H groups in total. The lowest BCUT2D eigenvalue weighted by Gasteiger charge is -2.16. The van der Waals surface area contributed by atoms with Gasteiger partial charge in [-0.1, -0.05) is 6.07 Å². The van der Waals surface area contributed by atoms with E-state index in [1.54, 1.807) is 31.3 Å². The number of amides is 1. The Morgan fingerprint density at radius 3 is 2.84 bits per heavy atom. The number of nitrogens with one attached hydrogen (secondary N) is 4.